The fourth-order valence-electron chi connectivity index (χ4n) is 10.9. The number of aliphatic hydroxyl groups is 2. The highest BCUT2D eigenvalue weighted by atomic mass is 16.3. The maximum absolute atomic E-state index is 15.1. The average Bonchev–Trinajstić information content (AvgIpc) is 1.66. The molecule has 0 radical (unpaired) electrons. The minimum Gasteiger partial charge on any atom is -0.396 e. The zero-order valence-electron chi connectivity index (χ0n) is 56.5. The van der Waals surface area contributed by atoms with Gasteiger partial charge in [0, 0.05) is 55.9 Å². The summed E-state index contributed by atoms with van der Waals surface area (Å²) in [6.07, 6.45) is 0.843. The molecule has 0 aliphatic carbocycles. The van der Waals surface area contributed by atoms with E-state index in [1.165, 1.54) is 82.8 Å². The molecule has 0 saturated carbocycles. The van der Waals surface area contributed by atoms with Gasteiger partial charge in [-0.25, -0.2) is 0 Å². The Morgan fingerprint density at radius 3 is 1.37 bits per heavy atom. The summed E-state index contributed by atoms with van der Waals surface area (Å²) in [5.41, 5.74) is 0. The van der Waals surface area contributed by atoms with Crippen molar-refractivity contribution in [2.45, 2.75) is 229 Å². The number of hydrogen-bond donors (Lipinski definition) is 6. The molecule has 1 fully saturated rings. The Hall–Kier alpha value is -5.91. The predicted molar refractivity (Wildman–Crippen MR) is 330 cm³/mol. The van der Waals surface area contributed by atoms with Crippen molar-refractivity contribution < 1.29 is 63.0 Å². The summed E-state index contributed by atoms with van der Waals surface area (Å²) in [4.78, 5) is 169. The van der Waals surface area contributed by atoms with Crippen LogP contribution < -0.4 is 21.3 Å². The van der Waals surface area contributed by atoms with Crippen molar-refractivity contribution in [3.8, 4) is 0 Å². The molecule has 13 atom stereocenters. The van der Waals surface area contributed by atoms with Crippen molar-refractivity contribution in [3.05, 3.63) is 0 Å². The SMILES string of the molecule is CCCC[C@@H](C)[C@@H](O)[C@H]1C(=O)N[C@@H](CC)C(=O)N(C)CC(=O)N(C)[C@@H](CC(C)CO)C(=O)N[C@@H](C(C)C)C(=O)N(C)[C@@H](CC(C)C)C(=O)N[C@@H](C)C(=O)N[C@H](C)C(=O)N(C)[C@@H](CC(C)C)C(=O)N(C)[C@@H](CC(C)C)C(=O)N(C)[C@@H](C(C)C)C(=O)N1C. The van der Waals surface area contributed by atoms with Crippen LogP contribution in [0.2, 0.25) is 0 Å². The predicted octanol–water partition coefficient (Wildman–Crippen LogP) is 2.47. The number of amides is 11. The Balaban J connectivity index is 4.34. The van der Waals surface area contributed by atoms with Gasteiger partial charge in [0.1, 0.15) is 60.4 Å². The molecule has 6 N–H and O–H groups in total. The topological polar surface area (TPSA) is 299 Å². The number of nitrogens with one attached hydrogen (secondary N) is 4. The van der Waals surface area contributed by atoms with Gasteiger partial charge in [-0.15, -0.1) is 0 Å². The lowest BCUT2D eigenvalue weighted by atomic mass is 9.90. The molecule has 24 heteroatoms. The Bertz CT molecular complexity index is 2300. The number of carbonyl (C=O) groups is 11. The molecule has 86 heavy (non-hydrogen) atoms. The second kappa shape index (κ2) is 35.8. The van der Waals surface area contributed by atoms with Crippen LogP contribution in [0.15, 0.2) is 0 Å². The molecule has 1 aliphatic heterocycles. The Labute approximate surface area is 514 Å². The molecule has 494 valence electrons. The van der Waals surface area contributed by atoms with Crippen LogP contribution >= 0.6 is 0 Å². The lowest BCUT2D eigenvalue weighted by Crippen LogP contribution is -2.63. The van der Waals surface area contributed by atoms with E-state index in [1.807, 2.05) is 48.5 Å². The molecule has 1 aliphatic rings. The molecule has 1 saturated heterocycles. The second-order valence-electron chi connectivity index (χ2n) is 26.3. The van der Waals surface area contributed by atoms with Crippen LogP contribution in [0.25, 0.3) is 0 Å². The third-order valence-electron chi connectivity index (χ3n) is 16.6. The normalized spacial score (nSPS) is 27.0. The molecule has 1 unspecified atom stereocenters. The first-order valence-corrected chi connectivity index (χ1v) is 31.1. The quantitative estimate of drug-likeness (QED) is 0.122. The van der Waals surface area contributed by atoms with Crippen molar-refractivity contribution in [1.82, 2.24) is 55.6 Å². The van der Waals surface area contributed by atoms with E-state index in [2.05, 4.69) is 21.3 Å². The Morgan fingerprint density at radius 2 is 0.907 bits per heavy atom. The minimum atomic E-state index is -1.60. The summed E-state index contributed by atoms with van der Waals surface area (Å²) in [5, 5.41) is 33.2. The van der Waals surface area contributed by atoms with Crippen LogP contribution in [0.4, 0.5) is 0 Å². The lowest BCUT2D eigenvalue weighted by Gasteiger charge is -2.41. The number of likely N-dealkylation sites (N-methyl/N-ethyl adjacent to an activating group) is 7. The van der Waals surface area contributed by atoms with Crippen LogP contribution in [0, 0.1) is 41.4 Å². The van der Waals surface area contributed by atoms with Crippen LogP contribution in [0.5, 0.6) is 0 Å². The molecular formula is C62H113N11O13. The highest BCUT2D eigenvalue weighted by molar-refractivity contribution is 5.99. The van der Waals surface area contributed by atoms with Gasteiger partial charge in [-0.2, -0.15) is 0 Å². The summed E-state index contributed by atoms with van der Waals surface area (Å²) in [6, 6.07) is -12.6. The van der Waals surface area contributed by atoms with Gasteiger partial charge < -0.3 is 65.8 Å². The van der Waals surface area contributed by atoms with Gasteiger partial charge in [-0.1, -0.05) is 110 Å². The highest BCUT2D eigenvalue weighted by Gasteiger charge is 2.46. The highest BCUT2D eigenvalue weighted by Crippen LogP contribution is 2.26. The molecule has 0 bridgehead atoms. The average molecular weight is 1220 g/mol. The van der Waals surface area contributed by atoms with E-state index in [-0.39, 0.29) is 56.5 Å². The maximum atomic E-state index is 15.1. The lowest BCUT2D eigenvalue weighted by molar-refractivity contribution is -0.157. The van der Waals surface area contributed by atoms with Gasteiger partial charge >= 0.3 is 0 Å². The summed E-state index contributed by atoms with van der Waals surface area (Å²) in [5.74, 6) is -10.4. The van der Waals surface area contributed by atoms with Crippen LogP contribution in [-0.4, -0.2) is 238 Å². The van der Waals surface area contributed by atoms with Gasteiger partial charge in [0.2, 0.25) is 65.0 Å². The van der Waals surface area contributed by atoms with Crippen LogP contribution in [0.1, 0.15) is 162 Å². The second-order valence-corrected chi connectivity index (χ2v) is 26.3. The number of rotatable bonds is 17. The summed E-state index contributed by atoms with van der Waals surface area (Å²) in [6.45, 7) is 26.9. The van der Waals surface area contributed by atoms with Crippen molar-refractivity contribution in [3.63, 3.8) is 0 Å². The third kappa shape index (κ3) is 21.7. The van der Waals surface area contributed by atoms with Gasteiger partial charge in [0.05, 0.1) is 12.6 Å². The monoisotopic (exact) mass is 1220 g/mol. The van der Waals surface area contributed by atoms with Crippen molar-refractivity contribution in [2.24, 2.45) is 41.4 Å². The maximum Gasteiger partial charge on any atom is 0.246 e. The number of aliphatic hydroxyl groups excluding tert-OH is 2. The summed E-state index contributed by atoms with van der Waals surface area (Å²) < 4.78 is 0. The zero-order chi connectivity index (χ0) is 66.7. The van der Waals surface area contributed by atoms with E-state index in [9.17, 15) is 53.4 Å². The number of nitrogens with zero attached hydrogens (tertiary/aromatic N) is 7. The van der Waals surface area contributed by atoms with Crippen LogP contribution in [-0.2, 0) is 52.7 Å². The first-order chi connectivity index (χ1) is 39.7. The van der Waals surface area contributed by atoms with E-state index in [1.54, 1.807) is 48.5 Å². The van der Waals surface area contributed by atoms with Gasteiger partial charge in [0.25, 0.3) is 0 Å². The molecule has 1 heterocycles. The fraction of sp³-hybridized carbons (Fsp3) is 0.823. The Morgan fingerprint density at radius 1 is 0.465 bits per heavy atom. The van der Waals surface area contributed by atoms with Gasteiger partial charge in [-0.3, -0.25) is 52.7 Å². The van der Waals surface area contributed by atoms with E-state index < -0.39 is 162 Å². The smallest absolute Gasteiger partial charge is 0.246 e. The molecule has 0 aromatic rings. The summed E-state index contributed by atoms with van der Waals surface area (Å²) >= 11 is 0. The largest absolute Gasteiger partial charge is 0.396 e. The first-order valence-electron chi connectivity index (χ1n) is 31.1. The number of carbonyl (C=O) groups excluding carboxylic acids is 11. The molecule has 11 amide bonds. The zero-order valence-corrected chi connectivity index (χ0v) is 56.5. The van der Waals surface area contributed by atoms with E-state index in [4.69, 9.17) is 0 Å². The molecular weight excluding hydrogens is 1110 g/mol. The Kier molecular flexibility index (Phi) is 32.5. The van der Waals surface area contributed by atoms with Crippen molar-refractivity contribution >= 4 is 65.0 Å². The molecule has 0 spiro atoms. The van der Waals surface area contributed by atoms with Gasteiger partial charge in [0.15, 0.2) is 0 Å². The fourth-order valence-corrected chi connectivity index (χ4v) is 10.9. The van der Waals surface area contributed by atoms with E-state index >= 15 is 9.59 Å². The van der Waals surface area contributed by atoms with Crippen molar-refractivity contribution in [2.75, 3.05) is 62.5 Å². The van der Waals surface area contributed by atoms with Crippen molar-refractivity contribution in [1.29, 1.82) is 0 Å². The molecule has 0 aromatic heterocycles. The first kappa shape index (κ1) is 78.1. The molecule has 24 nitrogen and oxygen atoms in total. The number of hydrogen-bond acceptors (Lipinski definition) is 13. The van der Waals surface area contributed by atoms with E-state index in [0.717, 1.165) is 21.1 Å². The van der Waals surface area contributed by atoms with Gasteiger partial charge in [-0.05, 0) is 93.8 Å². The minimum absolute atomic E-state index is 0.00693. The van der Waals surface area contributed by atoms with Crippen LogP contribution in [0.3, 0.4) is 0 Å². The molecule has 1 rings (SSSR count). The third-order valence-corrected chi connectivity index (χ3v) is 16.6. The standard InChI is InChI=1S/C62H113N11O13/c1-24-26-27-40(14)52(76)51-56(80)65-43(25-2)58(82)67(17)32-48(75)68(18)45(31-39(13)33-74)55(79)66-49(37(9)10)61(85)69(19)44(28-34(3)4)54(78)63-41(15)53(77)64-42(16)57(81)70(20)46(29-35(5)6)59(83)71(21)47(30-36(7)8)60(84)72(22)50(38(11)12)62(86)73(51)23/h34-47,49-52,74,76H,24-33H2,1-23H3,(H,63,78)(H,64,77)(H,65,80)(H,66,79)/t39?,40-,41+,42-,43+,44+,45+,46+,47+,49+,50+,51+,52-/m1/s1. The van der Waals surface area contributed by atoms with E-state index in [0.29, 0.717) is 12.8 Å². The number of unbranched alkanes of at least 4 members (excludes halogenated alkanes) is 1. The summed E-state index contributed by atoms with van der Waals surface area (Å²) in [7, 11) is 9.80. The molecule has 0 aromatic carbocycles.